The summed E-state index contributed by atoms with van der Waals surface area (Å²) < 4.78 is 28.4. The van der Waals surface area contributed by atoms with Crippen molar-refractivity contribution in [3.8, 4) is 0 Å². The van der Waals surface area contributed by atoms with Crippen molar-refractivity contribution in [2.24, 2.45) is 0 Å². The molecule has 126 valence electrons. The molecule has 3 rings (SSSR count). The van der Waals surface area contributed by atoms with Crippen molar-refractivity contribution in [2.45, 2.75) is 36.9 Å². The van der Waals surface area contributed by atoms with E-state index in [1.165, 1.54) is 22.6 Å². The summed E-state index contributed by atoms with van der Waals surface area (Å²) >= 11 is 1.39. The van der Waals surface area contributed by atoms with Gasteiger partial charge in [0.1, 0.15) is 6.33 Å². The second-order valence-electron chi connectivity index (χ2n) is 5.35. The van der Waals surface area contributed by atoms with Crippen molar-refractivity contribution in [3.63, 3.8) is 0 Å². The molecule has 2 aromatic heterocycles. The molecular formula is C12H19N7O2S2. The van der Waals surface area contributed by atoms with Crippen LogP contribution in [-0.2, 0) is 10.0 Å². The fourth-order valence-corrected chi connectivity index (χ4v) is 4.15. The summed E-state index contributed by atoms with van der Waals surface area (Å²) in [5.74, 6) is 0.852. The van der Waals surface area contributed by atoms with E-state index < -0.39 is 10.0 Å². The lowest BCUT2D eigenvalue weighted by Crippen LogP contribution is -2.36. The number of thioether (sulfide) groups is 1. The van der Waals surface area contributed by atoms with Crippen LogP contribution in [0.3, 0.4) is 0 Å². The van der Waals surface area contributed by atoms with E-state index in [1.807, 2.05) is 6.26 Å². The smallest absolute Gasteiger partial charge is 0.257 e. The fraction of sp³-hybridized carbons (Fsp3) is 0.667. The maximum Gasteiger partial charge on any atom is 0.257 e. The Morgan fingerprint density at radius 1 is 1.35 bits per heavy atom. The zero-order valence-corrected chi connectivity index (χ0v) is 14.4. The van der Waals surface area contributed by atoms with Gasteiger partial charge in [0.15, 0.2) is 5.16 Å². The number of aromatic nitrogens is 5. The van der Waals surface area contributed by atoms with Gasteiger partial charge in [0, 0.05) is 12.6 Å². The number of nitrogens with one attached hydrogen (secondary N) is 2. The number of rotatable bonds is 7. The zero-order chi connectivity index (χ0) is 16.3. The van der Waals surface area contributed by atoms with Gasteiger partial charge < -0.3 is 5.32 Å². The van der Waals surface area contributed by atoms with Crippen molar-refractivity contribution in [3.05, 3.63) is 6.33 Å². The lowest BCUT2D eigenvalue weighted by atomic mass is 10.3. The predicted molar refractivity (Wildman–Crippen MR) is 88.0 cm³/mol. The molecule has 11 heteroatoms. The zero-order valence-electron chi connectivity index (χ0n) is 12.8. The Morgan fingerprint density at radius 2 is 2.13 bits per heavy atom. The van der Waals surface area contributed by atoms with Crippen LogP contribution >= 0.6 is 11.8 Å². The van der Waals surface area contributed by atoms with Crippen molar-refractivity contribution in [1.29, 1.82) is 0 Å². The first kappa shape index (κ1) is 16.4. The van der Waals surface area contributed by atoms with Gasteiger partial charge in [-0.15, -0.1) is 0 Å². The molecule has 0 saturated heterocycles. The summed E-state index contributed by atoms with van der Waals surface area (Å²) in [5.41, 5.74) is 0. The summed E-state index contributed by atoms with van der Waals surface area (Å²) in [6, 6.07) is 0.0872. The van der Waals surface area contributed by atoms with Crippen molar-refractivity contribution < 1.29 is 8.42 Å². The monoisotopic (exact) mass is 357 g/mol. The molecule has 0 unspecified atom stereocenters. The van der Waals surface area contributed by atoms with E-state index in [-0.39, 0.29) is 18.3 Å². The molecule has 1 aliphatic carbocycles. The van der Waals surface area contributed by atoms with Crippen LogP contribution in [0.1, 0.15) is 25.7 Å². The molecule has 23 heavy (non-hydrogen) atoms. The second-order valence-corrected chi connectivity index (χ2v) is 8.00. The minimum atomic E-state index is -3.30. The van der Waals surface area contributed by atoms with Crippen LogP contribution in [0.15, 0.2) is 11.5 Å². The van der Waals surface area contributed by atoms with Gasteiger partial charge in [-0.25, -0.2) is 13.1 Å². The third kappa shape index (κ3) is 4.09. The number of anilines is 1. The Morgan fingerprint density at radius 3 is 2.87 bits per heavy atom. The molecule has 2 aromatic rings. The van der Waals surface area contributed by atoms with Gasteiger partial charge in [-0.05, 0) is 19.1 Å². The molecule has 0 aromatic carbocycles. The quantitative estimate of drug-likeness (QED) is 0.689. The first-order chi connectivity index (χ1) is 11.1. The third-order valence-corrected chi connectivity index (χ3v) is 5.65. The molecule has 1 saturated carbocycles. The first-order valence-electron chi connectivity index (χ1n) is 7.43. The van der Waals surface area contributed by atoms with E-state index in [0.717, 1.165) is 25.7 Å². The number of fused-ring (bicyclic) bond motifs is 1. The van der Waals surface area contributed by atoms with Crippen LogP contribution < -0.4 is 10.0 Å². The number of hydrogen-bond donors (Lipinski definition) is 2. The van der Waals surface area contributed by atoms with Gasteiger partial charge >= 0.3 is 0 Å². The van der Waals surface area contributed by atoms with Gasteiger partial charge in [0.25, 0.3) is 5.78 Å². The molecule has 0 aliphatic heterocycles. The predicted octanol–water partition coefficient (Wildman–Crippen LogP) is 0.515. The molecule has 0 atom stereocenters. The summed E-state index contributed by atoms with van der Waals surface area (Å²) in [5, 5.41) is 7.60. The van der Waals surface area contributed by atoms with Crippen LogP contribution in [0, 0.1) is 0 Å². The minimum Gasteiger partial charge on any atom is -0.353 e. The van der Waals surface area contributed by atoms with Gasteiger partial charge in [0.05, 0.1) is 5.75 Å². The number of sulfonamides is 1. The molecule has 2 N–H and O–H groups in total. The summed E-state index contributed by atoms with van der Waals surface area (Å²) in [7, 11) is -3.30. The summed E-state index contributed by atoms with van der Waals surface area (Å²) in [6.07, 6.45) is 7.28. The van der Waals surface area contributed by atoms with E-state index in [0.29, 0.717) is 16.9 Å². The third-order valence-electron chi connectivity index (χ3n) is 3.67. The highest BCUT2D eigenvalue weighted by molar-refractivity contribution is 7.98. The lowest BCUT2D eigenvalue weighted by Gasteiger charge is -2.13. The molecule has 0 amide bonds. The Hall–Kier alpha value is -1.46. The average Bonchev–Trinajstić information content (AvgIpc) is 3.17. The Bertz CT molecular complexity index is 771. The average molecular weight is 357 g/mol. The number of nitrogens with zero attached hydrogens (tertiary/aromatic N) is 5. The molecule has 1 fully saturated rings. The van der Waals surface area contributed by atoms with Gasteiger partial charge in [-0.2, -0.15) is 24.6 Å². The second kappa shape index (κ2) is 6.97. The molecule has 2 heterocycles. The summed E-state index contributed by atoms with van der Waals surface area (Å²) in [6.45, 7) is 0.238. The van der Waals surface area contributed by atoms with E-state index in [4.69, 9.17) is 0 Å². The van der Waals surface area contributed by atoms with Crippen molar-refractivity contribution in [2.75, 3.05) is 23.9 Å². The SMILES string of the molecule is CSc1nc(NCCS(=O)(=O)NC2CCCC2)n2ncnc2n1. The molecule has 1 aliphatic rings. The topological polar surface area (TPSA) is 114 Å². The van der Waals surface area contributed by atoms with Gasteiger partial charge in [-0.1, -0.05) is 24.6 Å². The van der Waals surface area contributed by atoms with E-state index in [2.05, 4.69) is 30.1 Å². The maximum atomic E-state index is 12.1. The maximum absolute atomic E-state index is 12.1. The Labute approximate surface area is 138 Å². The van der Waals surface area contributed by atoms with E-state index >= 15 is 0 Å². The standard InChI is InChI=1S/C12H19N7O2S2/c1-22-12-16-10(19-11(17-12)14-8-15-19)13-6-7-23(20,21)18-9-4-2-3-5-9/h8-9,18H,2-7H2,1H3,(H,13,14,15,16,17). The number of hydrogen-bond acceptors (Lipinski definition) is 8. The van der Waals surface area contributed by atoms with Crippen molar-refractivity contribution in [1.82, 2.24) is 29.3 Å². The summed E-state index contributed by atoms with van der Waals surface area (Å²) in [4.78, 5) is 12.5. The molecular weight excluding hydrogens is 338 g/mol. The van der Waals surface area contributed by atoms with Crippen LogP contribution in [0.4, 0.5) is 5.95 Å². The van der Waals surface area contributed by atoms with Gasteiger partial charge in [-0.3, -0.25) is 0 Å². The molecule has 0 bridgehead atoms. The first-order valence-corrected chi connectivity index (χ1v) is 10.3. The molecule has 0 spiro atoms. The van der Waals surface area contributed by atoms with Gasteiger partial charge in [0.2, 0.25) is 16.0 Å². The van der Waals surface area contributed by atoms with Crippen LogP contribution in [-0.4, -0.2) is 57.6 Å². The normalized spacial score (nSPS) is 16.2. The minimum absolute atomic E-state index is 0.0156. The largest absolute Gasteiger partial charge is 0.353 e. The van der Waals surface area contributed by atoms with E-state index in [9.17, 15) is 8.42 Å². The van der Waals surface area contributed by atoms with E-state index in [1.54, 1.807) is 0 Å². The fourth-order valence-electron chi connectivity index (χ4n) is 2.57. The highest BCUT2D eigenvalue weighted by Crippen LogP contribution is 2.18. The Balaban J connectivity index is 1.63. The molecule has 9 nitrogen and oxygen atoms in total. The molecule has 0 radical (unpaired) electrons. The van der Waals surface area contributed by atoms with Crippen LogP contribution in [0.5, 0.6) is 0 Å². The highest BCUT2D eigenvalue weighted by atomic mass is 32.2. The highest BCUT2D eigenvalue weighted by Gasteiger charge is 2.21. The van der Waals surface area contributed by atoms with Crippen LogP contribution in [0.2, 0.25) is 0 Å². The van der Waals surface area contributed by atoms with Crippen molar-refractivity contribution >= 4 is 33.5 Å². The van der Waals surface area contributed by atoms with Crippen LogP contribution in [0.25, 0.3) is 5.78 Å². The lowest BCUT2D eigenvalue weighted by molar-refractivity contribution is 0.552. The Kier molecular flexibility index (Phi) is 4.97.